The van der Waals surface area contributed by atoms with E-state index in [9.17, 15) is 8.42 Å². The Morgan fingerprint density at radius 1 is 1.25 bits per heavy atom. The topological polar surface area (TPSA) is 90.7 Å². The van der Waals surface area contributed by atoms with Crippen LogP contribution in [0.25, 0.3) is 0 Å². The van der Waals surface area contributed by atoms with Gasteiger partial charge in [0.1, 0.15) is 0 Å². The molecule has 0 amide bonds. The minimum Gasteiger partial charge on any atom is -0.377 e. The van der Waals surface area contributed by atoms with Crippen LogP contribution in [0.5, 0.6) is 0 Å². The largest absolute Gasteiger partial charge is 0.377 e. The molecule has 0 aromatic carbocycles. The summed E-state index contributed by atoms with van der Waals surface area (Å²) in [5.74, 6) is 0. The molecule has 0 saturated carbocycles. The molecular formula is C5H12N2O4S. The minimum absolute atomic E-state index is 0.302. The Labute approximate surface area is 71.2 Å². The first-order chi connectivity index (χ1) is 5.58. The van der Waals surface area contributed by atoms with Gasteiger partial charge in [0.2, 0.25) is 0 Å². The van der Waals surface area contributed by atoms with Crippen LogP contribution in [0.3, 0.4) is 0 Å². The van der Waals surface area contributed by atoms with Crippen molar-refractivity contribution < 1.29 is 17.9 Å². The molecule has 72 valence electrons. The molecule has 1 rings (SSSR count). The van der Waals surface area contributed by atoms with E-state index in [-0.39, 0.29) is 6.04 Å². The Morgan fingerprint density at radius 3 is 2.17 bits per heavy atom. The summed E-state index contributed by atoms with van der Waals surface area (Å²) in [7, 11) is -3.65. The fraction of sp³-hybridized carbons (Fsp3) is 1.00. The normalized spacial score (nSPS) is 22.1. The summed E-state index contributed by atoms with van der Waals surface area (Å²) in [5.41, 5.74) is 0. The molecule has 1 heterocycles. The molecule has 6 nitrogen and oxygen atoms in total. The third-order valence-electron chi connectivity index (χ3n) is 1.34. The van der Waals surface area contributed by atoms with Crippen molar-refractivity contribution in [3.63, 3.8) is 0 Å². The predicted molar refractivity (Wildman–Crippen MR) is 41.7 cm³/mol. The monoisotopic (exact) mass is 196 g/mol. The fourth-order valence-electron chi connectivity index (χ4n) is 0.917. The Bertz CT molecular complexity index is 220. The average molecular weight is 196 g/mol. The van der Waals surface area contributed by atoms with Crippen LogP contribution in [-0.2, 0) is 19.7 Å². The average Bonchev–Trinajstić information content (AvgIpc) is 2.12. The lowest BCUT2D eigenvalue weighted by Crippen LogP contribution is -2.43. The van der Waals surface area contributed by atoms with Crippen LogP contribution in [-0.4, -0.2) is 40.9 Å². The molecule has 0 bridgehead atoms. The zero-order valence-corrected chi connectivity index (χ0v) is 7.34. The van der Waals surface area contributed by atoms with Crippen molar-refractivity contribution in [1.82, 2.24) is 4.72 Å². The second-order valence-corrected chi connectivity index (χ2v) is 3.84. The molecule has 0 atom stereocenters. The molecule has 7 heteroatoms. The first kappa shape index (κ1) is 9.87. The molecule has 0 spiro atoms. The quantitative estimate of drug-likeness (QED) is 0.545. The highest BCUT2D eigenvalue weighted by Gasteiger charge is 2.16. The molecule has 1 aliphatic rings. The van der Waals surface area contributed by atoms with Crippen molar-refractivity contribution >= 4 is 10.2 Å². The zero-order chi connectivity index (χ0) is 9.03. The van der Waals surface area contributed by atoms with E-state index in [4.69, 9.17) is 14.6 Å². The number of ether oxygens (including phenoxy) is 2. The van der Waals surface area contributed by atoms with Crippen LogP contribution in [0, 0.1) is 0 Å². The molecule has 0 unspecified atom stereocenters. The maximum atomic E-state index is 10.6. The zero-order valence-electron chi connectivity index (χ0n) is 6.52. The van der Waals surface area contributed by atoms with Crippen molar-refractivity contribution in [1.29, 1.82) is 0 Å². The first-order valence-corrected chi connectivity index (χ1v) is 5.08. The molecule has 0 radical (unpaired) electrons. The maximum Gasteiger partial charge on any atom is 0.274 e. The third kappa shape index (κ3) is 3.98. The van der Waals surface area contributed by atoms with E-state index in [1.165, 1.54) is 0 Å². The minimum atomic E-state index is -3.65. The van der Waals surface area contributed by atoms with Crippen LogP contribution in [0.15, 0.2) is 0 Å². The highest BCUT2D eigenvalue weighted by atomic mass is 32.2. The highest BCUT2D eigenvalue weighted by Crippen LogP contribution is 1.95. The van der Waals surface area contributed by atoms with E-state index < -0.39 is 10.2 Å². The molecular weight excluding hydrogens is 184 g/mol. The molecule has 0 aliphatic carbocycles. The van der Waals surface area contributed by atoms with E-state index in [0.717, 1.165) is 0 Å². The summed E-state index contributed by atoms with van der Waals surface area (Å²) in [5, 5.41) is 4.77. The van der Waals surface area contributed by atoms with Gasteiger partial charge < -0.3 is 9.47 Å². The molecule has 1 saturated heterocycles. The van der Waals surface area contributed by atoms with E-state index in [2.05, 4.69) is 4.72 Å². The van der Waals surface area contributed by atoms with E-state index >= 15 is 0 Å². The highest BCUT2D eigenvalue weighted by molar-refractivity contribution is 7.87. The van der Waals surface area contributed by atoms with Crippen LogP contribution in [0.4, 0.5) is 0 Å². The number of hydrogen-bond acceptors (Lipinski definition) is 4. The summed E-state index contributed by atoms with van der Waals surface area (Å²) in [4.78, 5) is 0. The third-order valence-corrected chi connectivity index (χ3v) is 2.00. The molecule has 1 aliphatic heterocycles. The van der Waals surface area contributed by atoms with Crippen LogP contribution in [0.1, 0.15) is 0 Å². The standard InChI is InChI=1S/C5H12N2O4S/c6-12(8,9)7-5-3-10-1-2-11-4-5/h5,7H,1-4H2,(H2,6,8,9). The van der Waals surface area contributed by atoms with Gasteiger partial charge in [-0.3, -0.25) is 0 Å². The molecule has 1 fully saturated rings. The molecule has 0 aromatic rings. The van der Waals surface area contributed by atoms with Gasteiger partial charge >= 0.3 is 0 Å². The van der Waals surface area contributed by atoms with Crippen molar-refractivity contribution in [3.05, 3.63) is 0 Å². The van der Waals surface area contributed by atoms with Gasteiger partial charge in [0.15, 0.2) is 0 Å². The van der Waals surface area contributed by atoms with Crippen LogP contribution >= 0.6 is 0 Å². The number of nitrogens with one attached hydrogen (secondary N) is 1. The summed E-state index contributed by atoms with van der Waals surface area (Å²) in [6, 6.07) is -0.373. The van der Waals surface area contributed by atoms with Gasteiger partial charge in [0.25, 0.3) is 10.2 Å². The smallest absolute Gasteiger partial charge is 0.274 e. The van der Waals surface area contributed by atoms with Gasteiger partial charge in [0, 0.05) is 0 Å². The van der Waals surface area contributed by atoms with Gasteiger partial charge in [-0.2, -0.15) is 13.1 Å². The first-order valence-electron chi connectivity index (χ1n) is 3.53. The summed E-state index contributed by atoms with van der Waals surface area (Å²) >= 11 is 0. The van der Waals surface area contributed by atoms with Gasteiger partial charge in [-0.25, -0.2) is 5.14 Å². The summed E-state index contributed by atoms with van der Waals surface area (Å²) in [6.07, 6.45) is 0. The number of rotatable bonds is 2. The van der Waals surface area contributed by atoms with Gasteiger partial charge in [-0.1, -0.05) is 0 Å². The van der Waals surface area contributed by atoms with Gasteiger partial charge in [-0.15, -0.1) is 0 Å². The SMILES string of the molecule is NS(=O)(=O)NC1COCCOC1. The predicted octanol–water partition coefficient (Wildman–Crippen LogP) is -1.81. The van der Waals surface area contributed by atoms with Crippen LogP contribution in [0.2, 0.25) is 0 Å². The lowest BCUT2D eigenvalue weighted by atomic mass is 10.4. The Morgan fingerprint density at radius 2 is 1.75 bits per heavy atom. The van der Waals surface area contributed by atoms with E-state index in [1.807, 2.05) is 0 Å². The fourth-order valence-corrected chi connectivity index (χ4v) is 1.52. The molecule has 3 N–H and O–H groups in total. The van der Waals surface area contributed by atoms with Gasteiger partial charge in [-0.05, 0) is 0 Å². The number of hydrogen-bond donors (Lipinski definition) is 2. The summed E-state index contributed by atoms with van der Waals surface area (Å²) in [6.45, 7) is 1.58. The van der Waals surface area contributed by atoms with Crippen LogP contribution < -0.4 is 9.86 Å². The van der Waals surface area contributed by atoms with Crippen molar-refractivity contribution in [2.75, 3.05) is 26.4 Å². The van der Waals surface area contributed by atoms with E-state index in [1.54, 1.807) is 0 Å². The molecule has 12 heavy (non-hydrogen) atoms. The lowest BCUT2D eigenvalue weighted by Gasteiger charge is -2.12. The number of nitrogens with two attached hydrogens (primary N) is 1. The van der Waals surface area contributed by atoms with Crippen molar-refractivity contribution in [2.45, 2.75) is 6.04 Å². The second-order valence-electron chi connectivity index (χ2n) is 2.51. The summed E-state index contributed by atoms with van der Waals surface area (Å²) < 4.78 is 33.4. The Hall–Kier alpha value is -0.210. The Kier molecular flexibility index (Phi) is 3.41. The molecule has 0 aromatic heterocycles. The van der Waals surface area contributed by atoms with Crippen molar-refractivity contribution in [2.24, 2.45) is 5.14 Å². The maximum absolute atomic E-state index is 10.6. The van der Waals surface area contributed by atoms with Gasteiger partial charge in [0.05, 0.1) is 32.5 Å². The Balaban J connectivity index is 2.40. The lowest BCUT2D eigenvalue weighted by molar-refractivity contribution is 0.103. The second kappa shape index (κ2) is 4.15. The van der Waals surface area contributed by atoms with Crippen molar-refractivity contribution in [3.8, 4) is 0 Å². The van der Waals surface area contributed by atoms with E-state index in [0.29, 0.717) is 26.4 Å².